The van der Waals surface area contributed by atoms with Gasteiger partial charge in [-0.25, -0.2) is 4.57 Å². The van der Waals surface area contributed by atoms with Crippen LogP contribution >= 0.6 is 17.1 Å². The first-order valence-electron chi connectivity index (χ1n) is 24.5. The summed E-state index contributed by atoms with van der Waals surface area (Å²) in [5.41, 5.74) is 0. The molecule has 0 aromatic heterocycles. The van der Waals surface area contributed by atoms with Crippen molar-refractivity contribution in [3.63, 3.8) is 0 Å². The third-order valence-electron chi connectivity index (χ3n) is 12.2. The molecule has 4 atom stereocenters. The molecule has 0 radical (unpaired) electrons. The predicted octanol–water partition coefficient (Wildman–Crippen LogP) is 18.0. The van der Waals surface area contributed by atoms with Gasteiger partial charge >= 0.3 is 7.82 Å². The second-order valence-electron chi connectivity index (χ2n) is 17.3. The van der Waals surface area contributed by atoms with Crippen molar-refractivity contribution in [2.24, 2.45) is 17.8 Å². The molecule has 0 bridgehead atoms. The summed E-state index contributed by atoms with van der Waals surface area (Å²) >= 11 is 0. The van der Waals surface area contributed by atoms with Crippen molar-refractivity contribution < 1.29 is 18.5 Å². The van der Waals surface area contributed by atoms with E-state index in [0.717, 1.165) is 57.3 Å². The SMILES string of the molecule is CCCCC(CC)COP(=O)(O)OCC(CC)CCCC.CCCCCCCCCCCCC(CCCCCC)C(P)(CCCCCC)CCCCCC. The molecule has 0 saturated carbocycles. The molecular formula is C48H102O4P2. The van der Waals surface area contributed by atoms with Crippen LogP contribution in [0.1, 0.15) is 274 Å². The average Bonchev–Trinajstić information content (AvgIpc) is 3.17. The highest BCUT2D eigenvalue weighted by Crippen LogP contribution is 2.45. The van der Waals surface area contributed by atoms with E-state index in [1.54, 1.807) is 0 Å². The monoisotopic (exact) mass is 805 g/mol. The van der Waals surface area contributed by atoms with Crippen LogP contribution in [0.2, 0.25) is 0 Å². The smallest absolute Gasteiger partial charge is 0.302 e. The standard InChI is InChI=1S/C32H67P.C16H35O4P/c1-5-9-13-17-18-19-20-21-22-24-28-31(27-23-14-10-6-2)32(33,29-25-15-11-7-3)30-26-16-12-8-4;1-5-9-11-15(7-3)13-19-21(17,18)20-14-16(8-4)12-10-6-2/h31H,5-30,33H2,1-4H3;15-16H,5-14H2,1-4H3,(H,17,18). The summed E-state index contributed by atoms with van der Waals surface area (Å²) in [6.45, 7) is 18.5. The third-order valence-corrected chi connectivity index (χ3v) is 14.1. The van der Waals surface area contributed by atoms with Gasteiger partial charge < -0.3 is 4.89 Å². The lowest BCUT2D eigenvalue weighted by Gasteiger charge is -2.39. The molecule has 0 aromatic rings. The summed E-state index contributed by atoms with van der Waals surface area (Å²) < 4.78 is 22.2. The zero-order valence-electron chi connectivity index (χ0n) is 38.4. The van der Waals surface area contributed by atoms with Gasteiger partial charge in [-0.2, -0.15) is 0 Å². The highest BCUT2D eigenvalue weighted by Gasteiger charge is 2.32. The number of unbranched alkanes of at least 4 members (excludes halogenated alkanes) is 20. The van der Waals surface area contributed by atoms with E-state index < -0.39 is 7.82 Å². The first-order valence-corrected chi connectivity index (χ1v) is 26.6. The van der Waals surface area contributed by atoms with Crippen molar-refractivity contribution in [1.82, 2.24) is 0 Å². The zero-order chi connectivity index (χ0) is 40.6. The molecule has 4 nitrogen and oxygen atoms in total. The maximum atomic E-state index is 11.9. The van der Waals surface area contributed by atoms with Crippen LogP contribution in [0.25, 0.3) is 0 Å². The summed E-state index contributed by atoms with van der Waals surface area (Å²) in [6, 6.07) is 0. The molecule has 0 aliphatic heterocycles. The van der Waals surface area contributed by atoms with Crippen LogP contribution in [0, 0.1) is 17.8 Å². The van der Waals surface area contributed by atoms with Gasteiger partial charge in [0.1, 0.15) is 0 Å². The van der Waals surface area contributed by atoms with Crippen molar-refractivity contribution in [1.29, 1.82) is 0 Å². The van der Waals surface area contributed by atoms with E-state index >= 15 is 0 Å². The van der Waals surface area contributed by atoms with Crippen molar-refractivity contribution >= 4 is 17.1 Å². The number of hydrogen-bond donors (Lipinski definition) is 1. The molecule has 6 heteroatoms. The van der Waals surface area contributed by atoms with E-state index in [1.165, 1.54) is 167 Å². The number of phosphoric acid groups is 1. The molecule has 1 N–H and O–H groups in total. The van der Waals surface area contributed by atoms with Gasteiger partial charge in [-0.3, -0.25) is 9.05 Å². The zero-order valence-corrected chi connectivity index (χ0v) is 40.4. The van der Waals surface area contributed by atoms with Gasteiger partial charge in [0.25, 0.3) is 0 Å². The summed E-state index contributed by atoms with van der Waals surface area (Å²) in [4.78, 5) is 9.77. The van der Waals surface area contributed by atoms with Crippen LogP contribution in [0.3, 0.4) is 0 Å². The van der Waals surface area contributed by atoms with Gasteiger partial charge in [0.2, 0.25) is 0 Å². The Kier molecular flexibility index (Phi) is 43.7. The van der Waals surface area contributed by atoms with Crippen LogP contribution < -0.4 is 0 Å². The molecule has 328 valence electrons. The van der Waals surface area contributed by atoms with E-state index in [2.05, 4.69) is 64.6 Å². The lowest BCUT2D eigenvalue weighted by molar-refractivity contribution is 0.110. The second kappa shape index (κ2) is 41.7. The normalized spacial score (nSPS) is 14.7. The van der Waals surface area contributed by atoms with Crippen LogP contribution in [-0.4, -0.2) is 23.3 Å². The molecule has 0 rings (SSSR count). The number of phosphoric ester groups is 1. The quantitative estimate of drug-likeness (QED) is 0.0494. The van der Waals surface area contributed by atoms with Gasteiger partial charge in [-0.05, 0) is 61.4 Å². The Bertz CT molecular complexity index is 742. The average molecular weight is 805 g/mol. The van der Waals surface area contributed by atoms with Gasteiger partial charge in [-0.1, -0.05) is 235 Å². The summed E-state index contributed by atoms with van der Waals surface area (Å²) in [5, 5.41) is 0.521. The summed E-state index contributed by atoms with van der Waals surface area (Å²) in [6.07, 6.45) is 46.2. The Hall–Kier alpha value is 0.540. The molecular weight excluding hydrogens is 702 g/mol. The molecule has 0 spiro atoms. The fourth-order valence-electron chi connectivity index (χ4n) is 7.94. The maximum Gasteiger partial charge on any atom is 0.472 e. The topological polar surface area (TPSA) is 55.8 Å². The Morgan fingerprint density at radius 2 is 0.741 bits per heavy atom. The van der Waals surface area contributed by atoms with Crippen molar-refractivity contribution in [2.75, 3.05) is 13.2 Å². The van der Waals surface area contributed by atoms with Gasteiger partial charge in [0.05, 0.1) is 13.2 Å². The molecule has 54 heavy (non-hydrogen) atoms. The lowest BCUT2D eigenvalue weighted by Crippen LogP contribution is -2.32. The minimum absolute atomic E-state index is 0.316. The number of rotatable bonds is 41. The highest BCUT2D eigenvalue weighted by molar-refractivity contribution is 7.47. The molecule has 0 saturated heterocycles. The molecule has 0 aliphatic rings. The summed E-state index contributed by atoms with van der Waals surface area (Å²) in [7, 11) is -0.406. The Labute approximate surface area is 344 Å². The lowest BCUT2D eigenvalue weighted by atomic mass is 9.77. The van der Waals surface area contributed by atoms with Gasteiger partial charge in [-0.15, -0.1) is 9.24 Å². The minimum Gasteiger partial charge on any atom is -0.302 e. The molecule has 0 heterocycles. The van der Waals surface area contributed by atoms with Crippen LogP contribution in [0.5, 0.6) is 0 Å². The van der Waals surface area contributed by atoms with Crippen molar-refractivity contribution in [2.45, 2.75) is 279 Å². The van der Waals surface area contributed by atoms with E-state index in [0.29, 0.717) is 30.2 Å². The molecule has 0 fully saturated rings. The Balaban J connectivity index is 0. The minimum atomic E-state index is -3.89. The van der Waals surface area contributed by atoms with E-state index in [4.69, 9.17) is 9.05 Å². The second-order valence-corrected chi connectivity index (χ2v) is 19.9. The Morgan fingerprint density at radius 1 is 0.444 bits per heavy atom. The highest BCUT2D eigenvalue weighted by atomic mass is 31.2. The van der Waals surface area contributed by atoms with Crippen molar-refractivity contribution in [3.8, 4) is 0 Å². The first kappa shape index (κ1) is 56.6. The molecule has 0 aliphatic carbocycles. The number of hydrogen-bond acceptors (Lipinski definition) is 3. The molecule has 0 aromatic carbocycles. The van der Waals surface area contributed by atoms with Crippen LogP contribution in [0.15, 0.2) is 0 Å². The van der Waals surface area contributed by atoms with Crippen LogP contribution in [0.4, 0.5) is 0 Å². The molecule has 4 unspecified atom stereocenters. The van der Waals surface area contributed by atoms with E-state index in [9.17, 15) is 9.46 Å². The Morgan fingerprint density at radius 3 is 1.07 bits per heavy atom. The maximum absolute atomic E-state index is 11.9. The first-order chi connectivity index (χ1) is 26.1. The largest absolute Gasteiger partial charge is 0.472 e. The van der Waals surface area contributed by atoms with Gasteiger partial charge in [0.15, 0.2) is 0 Å². The summed E-state index contributed by atoms with van der Waals surface area (Å²) in [5.74, 6) is 1.63. The fourth-order valence-corrected chi connectivity index (χ4v) is 9.56. The van der Waals surface area contributed by atoms with Crippen molar-refractivity contribution in [3.05, 3.63) is 0 Å². The van der Waals surface area contributed by atoms with E-state index in [1.807, 2.05) is 0 Å². The fraction of sp³-hybridized carbons (Fsp3) is 1.00. The predicted molar refractivity (Wildman–Crippen MR) is 247 cm³/mol. The third kappa shape index (κ3) is 35.7. The van der Waals surface area contributed by atoms with E-state index in [-0.39, 0.29) is 0 Å². The molecule has 0 amide bonds. The van der Waals surface area contributed by atoms with Gasteiger partial charge in [0, 0.05) is 0 Å². The van der Waals surface area contributed by atoms with Crippen LogP contribution in [-0.2, 0) is 13.6 Å².